The molecule has 1 aliphatic heterocycles. The van der Waals surface area contributed by atoms with Gasteiger partial charge in [0.2, 0.25) is 5.91 Å². The molecule has 0 aliphatic carbocycles. The van der Waals surface area contributed by atoms with E-state index in [9.17, 15) is 13.2 Å². The van der Waals surface area contributed by atoms with E-state index in [1.165, 1.54) is 31.7 Å². The lowest BCUT2D eigenvalue weighted by Gasteiger charge is -2.33. The van der Waals surface area contributed by atoms with Crippen molar-refractivity contribution in [2.75, 3.05) is 18.1 Å². The molecule has 23 heavy (non-hydrogen) atoms. The molecule has 1 aromatic carbocycles. The number of benzene rings is 1. The van der Waals surface area contributed by atoms with Crippen LogP contribution in [0.25, 0.3) is 0 Å². The van der Waals surface area contributed by atoms with Gasteiger partial charge in [-0.05, 0) is 50.9 Å². The lowest BCUT2D eigenvalue weighted by Crippen LogP contribution is -2.36. The molecule has 0 bridgehead atoms. The van der Waals surface area contributed by atoms with Crippen LogP contribution in [0, 0.1) is 0 Å². The molecule has 1 saturated heterocycles. The maximum Gasteiger partial charge on any atom is 0.242 e. The number of carbonyl (C=O) groups is 1. The van der Waals surface area contributed by atoms with Gasteiger partial charge in [0, 0.05) is 24.5 Å². The SMILES string of the molecule is C[C@@H]1CCCCN1Cc1ccc(NC(=O)[C@H](C)S(C)(=O)=O)cc1. The Bertz CT molecular complexity index is 640. The molecule has 1 aliphatic rings. The molecule has 0 aromatic heterocycles. The summed E-state index contributed by atoms with van der Waals surface area (Å²) in [6.45, 7) is 5.71. The third-order valence-corrected chi connectivity index (χ3v) is 6.06. The first-order chi connectivity index (χ1) is 10.8. The van der Waals surface area contributed by atoms with E-state index < -0.39 is 21.0 Å². The fourth-order valence-corrected chi connectivity index (χ4v) is 3.21. The Balaban J connectivity index is 1.95. The van der Waals surface area contributed by atoms with E-state index in [2.05, 4.69) is 17.1 Å². The Morgan fingerprint density at radius 1 is 1.30 bits per heavy atom. The van der Waals surface area contributed by atoms with Crippen LogP contribution in [0.3, 0.4) is 0 Å². The summed E-state index contributed by atoms with van der Waals surface area (Å²) in [6, 6.07) is 8.25. The van der Waals surface area contributed by atoms with Crippen molar-refractivity contribution in [3.63, 3.8) is 0 Å². The second-order valence-electron chi connectivity index (χ2n) is 6.47. The number of hydrogen-bond acceptors (Lipinski definition) is 4. The average Bonchev–Trinajstić information content (AvgIpc) is 2.49. The van der Waals surface area contributed by atoms with Crippen molar-refractivity contribution in [1.29, 1.82) is 0 Å². The molecule has 1 aromatic rings. The molecule has 1 N–H and O–H groups in total. The average molecular weight is 338 g/mol. The first-order valence-electron chi connectivity index (χ1n) is 8.10. The summed E-state index contributed by atoms with van der Waals surface area (Å²) in [7, 11) is -3.37. The monoisotopic (exact) mass is 338 g/mol. The predicted octanol–water partition coefficient (Wildman–Crippen LogP) is 2.43. The number of piperidine rings is 1. The lowest BCUT2D eigenvalue weighted by atomic mass is 10.0. The molecular formula is C17H26N2O3S. The van der Waals surface area contributed by atoms with Crippen LogP contribution in [0.5, 0.6) is 0 Å². The number of hydrogen-bond donors (Lipinski definition) is 1. The van der Waals surface area contributed by atoms with Crippen molar-refractivity contribution in [3.05, 3.63) is 29.8 Å². The van der Waals surface area contributed by atoms with Gasteiger partial charge in [0.25, 0.3) is 0 Å². The second kappa shape index (κ2) is 7.45. The zero-order valence-corrected chi connectivity index (χ0v) is 14.9. The largest absolute Gasteiger partial charge is 0.325 e. The first kappa shape index (κ1) is 17.9. The van der Waals surface area contributed by atoms with Crippen LogP contribution in [0.4, 0.5) is 5.69 Å². The summed E-state index contributed by atoms with van der Waals surface area (Å²) in [5.74, 6) is -0.495. The summed E-state index contributed by atoms with van der Waals surface area (Å²) in [4.78, 5) is 14.4. The van der Waals surface area contributed by atoms with Crippen LogP contribution in [0.15, 0.2) is 24.3 Å². The molecule has 0 radical (unpaired) electrons. The van der Waals surface area contributed by atoms with Gasteiger partial charge in [-0.15, -0.1) is 0 Å². The Labute approximate surface area is 139 Å². The van der Waals surface area contributed by atoms with E-state index >= 15 is 0 Å². The molecule has 2 atom stereocenters. The van der Waals surface area contributed by atoms with Crippen LogP contribution in [0.2, 0.25) is 0 Å². The minimum atomic E-state index is -3.37. The highest BCUT2D eigenvalue weighted by Crippen LogP contribution is 2.20. The number of carbonyl (C=O) groups excluding carboxylic acids is 1. The normalized spacial score (nSPS) is 20.9. The van der Waals surface area contributed by atoms with Crippen LogP contribution < -0.4 is 5.32 Å². The quantitative estimate of drug-likeness (QED) is 0.895. The van der Waals surface area contributed by atoms with E-state index in [0.29, 0.717) is 11.7 Å². The lowest BCUT2D eigenvalue weighted by molar-refractivity contribution is -0.115. The highest BCUT2D eigenvalue weighted by Gasteiger charge is 2.23. The maximum absolute atomic E-state index is 11.9. The van der Waals surface area contributed by atoms with Gasteiger partial charge in [-0.3, -0.25) is 9.69 Å². The predicted molar refractivity (Wildman–Crippen MR) is 93.1 cm³/mol. The van der Waals surface area contributed by atoms with Crippen molar-refractivity contribution in [3.8, 4) is 0 Å². The van der Waals surface area contributed by atoms with Gasteiger partial charge in [0.05, 0.1) is 0 Å². The Kier molecular flexibility index (Phi) is 5.81. The number of rotatable bonds is 5. The molecule has 5 nitrogen and oxygen atoms in total. The van der Waals surface area contributed by atoms with E-state index in [4.69, 9.17) is 0 Å². The Morgan fingerprint density at radius 2 is 1.96 bits per heavy atom. The molecule has 2 rings (SSSR count). The number of nitrogens with one attached hydrogen (secondary N) is 1. The molecule has 128 valence electrons. The summed E-state index contributed by atoms with van der Waals surface area (Å²) in [6.07, 6.45) is 4.88. The minimum absolute atomic E-state index is 0.495. The number of nitrogens with zero attached hydrogens (tertiary/aromatic N) is 1. The summed E-state index contributed by atoms with van der Waals surface area (Å²) < 4.78 is 22.8. The molecule has 0 saturated carbocycles. The van der Waals surface area contributed by atoms with Crippen molar-refractivity contribution in [2.45, 2.75) is 50.9 Å². The van der Waals surface area contributed by atoms with Crippen molar-refractivity contribution in [1.82, 2.24) is 4.90 Å². The number of amides is 1. The van der Waals surface area contributed by atoms with Crippen molar-refractivity contribution >= 4 is 21.4 Å². The van der Waals surface area contributed by atoms with Gasteiger partial charge >= 0.3 is 0 Å². The van der Waals surface area contributed by atoms with Crippen LogP contribution in [-0.2, 0) is 21.2 Å². The fourth-order valence-electron chi connectivity index (χ4n) is 2.76. The van der Waals surface area contributed by atoms with E-state index in [1.807, 2.05) is 24.3 Å². The van der Waals surface area contributed by atoms with E-state index in [1.54, 1.807) is 0 Å². The third kappa shape index (κ3) is 5.04. The van der Waals surface area contributed by atoms with Gasteiger partial charge in [0.1, 0.15) is 5.25 Å². The fraction of sp³-hybridized carbons (Fsp3) is 0.588. The number of anilines is 1. The Hall–Kier alpha value is -1.40. The molecule has 0 spiro atoms. The second-order valence-corrected chi connectivity index (χ2v) is 8.84. The van der Waals surface area contributed by atoms with Gasteiger partial charge in [0.15, 0.2) is 9.84 Å². The van der Waals surface area contributed by atoms with Gasteiger partial charge < -0.3 is 5.32 Å². The molecule has 0 unspecified atom stereocenters. The van der Waals surface area contributed by atoms with Gasteiger partial charge in [-0.1, -0.05) is 18.6 Å². The van der Waals surface area contributed by atoms with Crippen molar-refractivity contribution < 1.29 is 13.2 Å². The van der Waals surface area contributed by atoms with Gasteiger partial charge in [-0.25, -0.2) is 8.42 Å². The summed E-state index contributed by atoms with van der Waals surface area (Å²) >= 11 is 0. The summed E-state index contributed by atoms with van der Waals surface area (Å²) in [5.41, 5.74) is 1.83. The maximum atomic E-state index is 11.9. The van der Waals surface area contributed by atoms with Crippen molar-refractivity contribution in [2.24, 2.45) is 0 Å². The third-order valence-electron chi connectivity index (χ3n) is 4.56. The minimum Gasteiger partial charge on any atom is -0.325 e. The topological polar surface area (TPSA) is 66.5 Å². The first-order valence-corrected chi connectivity index (χ1v) is 10.1. The molecule has 1 amide bonds. The zero-order valence-electron chi connectivity index (χ0n) is 14.1. The van der Waals surface area contributed by atoms with Crippen LogP contribution in [-0.4, -0.2) is 43.3 Å². The molecule has 1 fully saturated rings. The molecular weight excluding hydrogens is 312 g/mol. The summed E-state index contributed by atoms with van der Waals surface area (Å²) in [5, 5.41) is 1.61. The highest BCUT2D eigenvalue weighted by atomic mass is 32.2. The molecule has 1 heterocycles. The van der Waals surface area contributed by atoms with E-state index in [-0.39, 0.29) is 0 Å². The van der Waals surface area contributed by atoms with E-state index in [0.717, 1.165) is 19.3 Å². The zero-order chi connectivity index (χ0) is 17.0. The highest BCUT2D eigenvalue weighted by molar-refractivity contribution is 7.92. The number of likely N-dealkylation sites (tertiary alicyclic amines) is 1. The smallest absolute Gasteiger partial charge is 0.242 e. The van der Waals surface area contributed by atoms with Crippen LogP contribution in [0.1, 0.15) is 38.7 Å². The standard InChI is InChI=1S/C17H26N2O3S/c1-13-6-4-5-11-19(13)12-15-7-9-16(10-8-15)18-17(20)14(2)23(3,21)22/h7-10,13-14H,4-6,11-12H2,1-3H3,(H,18,20)/t13-,14+/m1/s1. The van der Waals surface area contributed by atoms with Gasteiger partial charge in [-0.2, -0.15) is 0 Å². The Morgan fingerprint density at radius 3 is 2.52 bits per heavy atom. The molecule has 6 heteroatoms. The number of sulfone groups is 1. The van der Waals surface area contributed by atoms with Crippen LogP contribution >= 0.6 is 0 Å².